The normalized spacial score (nSPS) is 14.1. The summed E-state index contributed by atoms with van der Waals surface area (Å²) in [6.07, 6.45) is 69.3. The maximum atomic E-state index is 13.1. The Kier molecular flexibility index (Phi) is 75.4. The van der Waals surface area contributed by atoms with Crippen LogP contribution in [0.5, 0.6) is 0 Å². The number of unbranched alkanes of at least 4 members (excludes halogenated alkanes) is 55. The number of ether oxygens (including phenoxy) is 4. The summed E-state index contributed by atoms with van der Waals surface area (Å²) in [4.78, 5) is 73.2. The van der Waals surface area contributed by atoms with Crippen molar-refractivity contribution in [1.29, 1.82) is 0 Å². The maximum absolute atomic E-state index is 13.1. The third kappa shape index (κ3) is 76.6. The van der Waals surface area contributed by atoms with Crippen LogP contribution in [0.3, 0.4) is 0 Å². The van der Waals surface area contributed by atoms with Crippen LogP contribution in [0.4, 0.5) is 0 Å². The second-order valence-electron chi connectivity index (χ2n) is 30.5. The predicted molar refractivity (Wildman–Crippen MR) is 423 cm³/mol. The van der Waals surface area contributed by atoms with Crippen molar-refractivity contribution >= 4 is 39.5 Å². The molecule has 0 rings (SSSR count). The Morgan fingerprint density at radius 2 is 0.466 bits per heavy atom. The van der Waals surface area contributed by atoms with Crippen molar-refractivity contribution in [3.05, 3.63) is 0 Å². The molecule has 0 saturated heterocycles. The van der Waals surface area contributed by atoms with Gasteiger partial charge >= 0.3 is 39.5 Å². The van der Waals surface area contributed by atoms with Gasteiger partial charge in [0.2, 0.25) is 0 Å². The van der Waals surface area contributed by atoms with E-state index in [4.69, 9.17) is 37.0 Å². The summed E-state index contributed by atoms with van der Waals surface area (Å²) in [6.45, 7) is 7.38. The molecule has 0 radical (unpaired) electrons. The van der Waals surface area contributed by atoms with Crippen LogP contribution >= 0.6 is 15.6 Å². The SMILES string of the molecule is CCCCCCCCCCCCCCCCCCCCCCC(=O)O[C@H](COC(=O)CCCCCCCCCCCCCCCCCCC)COP(=O)(O)OC[C@@H](O)COP(=O)(O)OC[C@@H](COC(=O)CCCCCCCCCCCCCC)OC(=O)CCCCCCCCCCCCC(C)CC. The summed E-state index contributed by atoms with van der Waals surface area (Å²) in [7, 11) is -9.92. The molecular weight excluding hydrogens is 1340 g/mol. The van der Waals surface area contributed by atoms with Gasteiger partial charge in [0, 0.05) is 25.7 Å². The van der Waals surface area contributed by atoms with E-state index in [1.165, 1.54) is 276 Å². The summed E-state index contributed by atoms with van der Waals surface area (Å²) in [5, 5.41) is 10.7. The fourth-order valence-electron chi connectivity index (χ4n) is 13.1. The molecule has 0 spiro atoms. The van der Waals surface area contributed by atoms with E-state index >= 15 is 0 Å². The topological polar surface area (TPSA) is 237 Å². The Balaban J connectivity index is 5.25. The van der Waals surface area contributed by atoms with Gasteiger partial charge in [-0.1, -0.05) is 401 Å². The average Bonchev–Trinajstić information content (AvgIpc) is 1.09. The van der Waals surface area contributed by atoms with E-state index in [1.807, 2.05) is 0 Å². The third-order valence-corrected chi connectivity index (χ3v) is 22.0. The number of hydrogen-bond acceptors (Lipinski definition) is 15. The Morgan fingerprint density at radius 3 is 0.689 bits per heavy atom. The first kappa shape index (κ1) is 101. The highest BCUT2D eigenvalue weighted by Gasteiger charge is 2.30. The molecule has 0 heterocycles. The molecule has 0 amide bonds. The summed E-state index contributed by atoms with van der Waals surface area (Å²) in [5.74, 6) is -1.30. The molecule has 103 heavy (non-hydrogen) atoms. The molecule has 0 aromatic carbocycles. The Bertz CT molecular complexity index is 1960. The summed E-state index contributed by atoms with van der Waals surface area (Å²) < 4.78 is 68.9. The number of aliphatic hydroxyl groups excluding tert-OH is 1. The van der Waals surface area contributed by atoms with E-state index in [1.54, 1.807) is 0 Å². The Morgan fingerprint density at radius 1 is 0.272 bits per heavy atom. The molecule has 6 atom stereocenters. The fraction of sp³-hybridized carbons (Fsp3) is 0.952. The molecule has 0 saturated carbocycles. The molecular formula is C84H164O17P2. The van der Waals surface area contributed by atoms with Crippen LogP contribution in [-0.2, 0) is 65.4 Å². The van der Waals surface area contributed by atoms with Gasteiger partial charge in [0.25, 0.3) is 0 Å². The smallest absolute Gasteiger partial charge is 0.462 e. The van der Waals surface area contributed by atoms with Gasteiger partial charge in [0.1, 0.15) is 19.3 Å². The van der Waals surface area contributed by atoms with E-state index in [0.717, 1.165) is 95.8 Å². The minimum Gasteiger partial charge on any atom is -0.462 e. The lowest BCUT2D eigenvalue weighted by molar-refractivity contribution is -0.161. The van der Waals surface area contributed by atoms with Gasteiger partial charge < -0.3 is 33.8 Å². The number of aliphatic hydroxyl groups is 1. The van der Waals surface area contributed by atoms with Crippen molar-refractivity contribution in [3.63, 3.8) is 0 Å². The number of hydrogen-bond donors (Lipinski definition) is 3. The highest BCUT2D eigenvalue weighted by molar-refractivity contribution is 7.47. The molecule has 0 fully saturated rings. The van der Waals surface area contributed by atoms with Gasteiger partial charge in [-0.05, 0) is 31.6 Å². The molecule has 17 nitrogen and oxygen atoms in total. The number of phosphoric ester groups is 2. The highest BCUT2D eigenvalue weighted by atomic mass is 31.2. The molecule has 19 heteroatoms. The highest BCUT2D eigenvalue weighted by Crippen LogP contribution is 2.45. The molecule has 0 aromatic rings. The van der Waals surface area contributed by atoms with Crippen LogP contribution in [0.25, 0.3) is 0 Å². The van der Waals surface area contributed by atoms with E-state index in [2.05, 4.69) is 34.6 Å². The van der Waals surface area contributed by atoms with Gasteiger partial charge in [0.05, 0.1) is 26.4 Å². The number of phosphoric acid groups is 2. The fourth-order valence-corrected chi connectivity index (χ4v) is 14.7. The van der Waals surface area contributed by atoms with Crippen LogP contribution in [-0.4, -0.2) is 96.7 Å². The minimum absolute atomic E-state index is 0.107. The maximum Gasteiger partial charge on any atom is 0.472 e. The van der Waals surface area contributed by atoms with Crippen LogP contribution in [0.2, 0.25) is 0 Å². The first-order valence-electron chi connectivity index (χ1n) is 43.7. The molecule has 0 aliphatic heterocycles. The van der Waals surface area contributed by atoms with E-state index in [-0.39, 0.29) is 25.7 Å². The molecule has 0 aliphatic rings. The quantitative estimate of drug-likeness (QED) is 0.0222. The van der Waals surface area contributed by atoms with Crippen molar-refractivity contribution in [1.82, 2.24) is 0 Å². The zero-order valence-electron chi connectivity index (χ0n) is 67.5. The molecule has 0 bridgehead atoms. The second-order valence-corrected chi connectivity index (χ2v) is 33.4. The average molecular weight is 1510 g/mol. The zero-order chi connectivity index (χ0) is 75.5. The second kappa shape index (κ2) is 76.8. The minimum atomic E-state index is -4.96. The van der Waals surface area contributed by atoms with E-state index < -0.39 is 97.5 Å². The first-order valence-corrected chi connectivity index (χ1v) is 46.7. The van der Waals surface area contributed by atoms with Crippen LogP contribution in [0, 0.1) is 5.92 Å². The largest absolute Gasteiger partial charge is 0.472 e. The molecule has 3 unspecified atom stereocenters. The van der Waals surface area contributed by atoms with Gasteiger partial charge in [-0.2, -0.15) is 0 Å². The van der Waals surface area contributed by atoms with Gasteiger partial charge in [-0.3, -0.25) is 37.3 Å². The first-order chi connectivity index (χ1) is 50.1. The monoisotopic (exact) mass is 1510 g/mol. The lowest BCUT2D eigenvalue weighted by atomic mass is 9.99. The molecule has 612 valence electrons. The lowest BCUT2D eigenvalue weighted by Crippen LogP contribution is -2.30. The third-order valence-electron chi connectivity index (χ3n) is 20.1. The van der Waals surface area contributed by atoms with Gasteiger partial charge in [0.15, 0.2) is 12.2 Å². The Hall–Kier alpha value is -1.94. The van der Waals surface area contributed by atoms with Crippen molar-refractivity contribution in [2.75, 3.05) is 39.6 Å². The van der Waals surface area contributed by atoms with Crippen molar-refractivity contribution in [2.24, 2.45) is 5.92 Å². The lowest BCUT2D eigenvalue weighted by Gasteiger charge is -2.21. The number of esters is 4. The summed E-state index contributed by atoms with van der Waals surface area (Å²) in [6, 6.07) is 0. The van der Waals surface area contributed by atoms with Crippen molar-refractivity contribution in [2.45, 2.75) is 470 Å². The van der Waals surface area contributed by atoms with Gasteiger partial charge in [-0.15, -0.1) is 0 Å². The molecule has 3 N–H and O–H groups in total. The number of carbonyl (C=O) groups excluding carboxylic acids is 4. The standard InChI is InChI=1S/C84H164O17P2/c1-6-10-13-16-19-22-25-28-30-32-33-34-36-38-40-43-49-54-59-64-69-83(88)100-79(73-95-82(87)68-63-58-53-48-42-39-37-35-31-29-26-23-20-17-14-11-7-2)75-98-102(90,91)96-71-78(85)72-97-103(92,93)99-76-80(74-94-81(86)67-62-57-52-47-41-27-24-21-18-15-12-8-3)101-84(89)70-65-60-55-50-45-44-46-51-56-61-66-77(5)9-4/h77-80,85H,6-76H2,1-5H3,(H,90,91)(H,92,93)/t77?,78-,79-,80-/m1/s1. The van der Waals surface area contributed by atoms with Crippen LogP contribution in [0.15, 0.2) is 0 Å². The summed E-state index contributed by atoms with van der Waals surface area (Å²) in [5.41, 5.74) is 0. The van der Waals surface area contributed by atoms with E-state index in [0.29, 0.717) is 25.7 Å². The molecule has 0 aromatic heterocycles. The molecule has 0 aliphatic carbocycles. The summed E-state index contributed by atoms with van der Waals surface area (Å²) >= 11 is 0. The van der Waals surface area contributed by atoms with Crippen LogP contribution < -0.4 is 0 Å². The van der Waals surface area contributed by atoms with Crippen molar-refractivity contribution < 1.29 is 80.2 Å². The van der Waals surface area contributed by atoms with Crippen LogP contribution in [0.1, 0.15) is 452 Å². The number of carbonyl (C=O) groups is 4. The van der Waals surface area contributed by atoms with Gasteiger partial charge in [-0.25, -0.2) is 9.13 Å². The predicted octanol–water partition coefficient (Wildman–Crippen LogP) is 25.6. The van der Waals surface area contributed by atoms with E-state index in [9.17, 15) is 43.2 Å². The van der Waals surface area contributed by atoms with Crippen molar-refractivity contribution in [3.8, 4) is 0 Å². The zero-order valence-corrected chi connectivity index (χ0v) is 69.3. The number of rotatable bonds is 84. The Labute approximate surface area is 632 Å².